The number of carbonyl (C=O) groups excluding carboxylic acids is 1. The maximum atomic E-state index is 11.2. The largest absolute Gasteiger partial charge is 0.508 e. The molecule has 1 N–H and O–H groups in total. The number of esters is 1. The van der Waals surface area contributed by atoms with Crippen LogP contribution in [0.1, 0.15) is 17.9 Å². The number of carbonyl (C=O) groups is 1. The lowest BCUT2D eigenvalue weighted by Crippen LogP contribution is -2.13. The summed E-state index contributed by atoms with van der Waals surface area (Å²) in [5.41, 5.74) is 0.868. The smallest absolute Gasteiger partial charge is 0.306 e. The zero-order chi connectivity index (χ0) is 12.0. The first kappa shape index (κ1) is 12.5. The van der Waals surface area contributed by atoms with Crippen molar-refractivity contribution in [1.82, 2.24) is 0 Å². The lowest BCUT2D eigenvalue weighted by Gasteiger charge is -2.15. The number of hydrogen-bond donors (Lipinski definition) is 1. The normalized spacial score (nSPS) is 12.1. The quantitative estimate of drug-likeness (QED) is 0.773. The van der Waals surface area contributed by atoms with Gasteiger partial charge in [-0.25, -0.2) is 0 Å². The van der Waals surface area contributed by atoms with Gasteiger partial charge < -0.3 is 14.6 Å². The summed E-state index contributed by atoms with van der Waals surface area (Å²) in [4.78, 5) is 11.2. The fraction of sp³-hybridized carbons (Fsp3) is 0.417. The molecule has 0 aromatic heterocycles. The molecule has 4 nitrogen and oxygen atoms in total. The average molecular weight is 224 g/mol. The van der Waals surface area contributed by atoms with Crippen molar-refractivity contribution in [3.63, 3.8) is 0 Å². The second-order valence-corrected chi connectivity index (χ2v) is 3.53. The number of methoxy groups -OCH3 is 2. The molecule has 0 saturated carbocycles. The zero-order valence-corrected chi connectivity index (χ0v) is 9.47. The minimum Gasteiger partial charge on any atom is -0.508 e. The molecule has 0 radical (unpaired) electrons. The first-order valence-electron chi connectivity index (χ1n) is 5.02. The van der Waals surface area contributed by atoms with E-state index in [0.29, 0.717) is 6.61 Å². The van der Waals surface area contributed by atoms with E-state index >= 15 is 0 Å². The van der Waals surface area contributed by atoms with Gasteiger partial charge in [-0.05, 0) is 17.7 Å². The van der Waals surface area contributed by atoms with Gasteiger partial charge in [0.25, 0.3) is 0 Å². The van der Waals surface area contributed by atoms with Gasteiger partial charge in [-0.2, -0.15) is 0 Å². The Labute approximate surface area is 94.8 Å². The number of aromatic hydroxyl groups is 1. The predicted octanol–water partition coefficient (Wildman–Crippen LogP) is 1.69. The zero-order valence-electron chi connectivity index (χ0n) is 9.47. The van der Waals surface area contributed by atoms with Crippen molar-refractivity contribution < 1.29 is 19.4 Å². The number of phenols is 1. The molecule has 0 aliphatic carbocycles. The number of phenolic OH excluding ortho intramolecular Hbond substituents is 1. The van der Waals surface area contributed by atoms with Crippen LogP contribution in [-0.4, -0.2) is 31.9 Å². The second kappa shape index (κ2) is 6.12. The molecule has 4 heteroatoms. The summed E-state index contributed by atoms with van der Waals surface area (Å²) in [7, 11) is 2.93. The van der Waals surface area contributed by atoms with Crippen LogP contribution in [0.15, 0.2) is 24.3 Å². The Kier molecular flexibility index (Phi) is 4.79. The lowest BCUT2D eigenvalue weighted by atomic mass is 9.96. The number of ether oxygens (including phenoxy) is 2. The van der Waals surface area contributed by atoms with E-state index in [1.165, 1.54) is 7.11 Å². The third-order valence-corrected chi connectivity index (χ3v) is 2.35. The van der Waals surface area contributed by atoms with Crippen molar-refractivity contribution in [3.05, 3.63) is 29.8 Å². The first-order chi connectivity index (χ1) is 7.67. The molecular weight excluding hydrogens is 208 g/mol. The predicted molar refractivity (Wildman–Crippen MR) is 59.4 cm³/mol. The van der Waals surface area contributed by atoms with Crippen molar-refractivity contribution in [1.29, 1.82) is 0 Å². The maximum Gasteiger partial charge on any atom is 0.306 e. The van der Waals surface area contributed by atoms with Gasteiger partial charge in [-0.15, -0.1) is 0 Å². The van der Waals surface area contributed by atoms with Crippen LogP contribution < -0.4 is 0 Å². The van der Waals surface area contributed by atoms with Gasteiger partial charge >= 0.3 is 5.97 Å². The Balaban J connectivity index is 2.80. The monoisotopic (exact) mass is 224 g/mol. The van der Waals surface area contributed by atoms with E-state index in [9.17, 15) is 9.90 Å². The molecule has 16 heavy (non-hydrogen) atoms. The topological polar surface area (TPSA) is 55.8 Å². The fourth-order valence-electron chi connectivity index (χ4n) is 1.54. The van der Waals surface area contributed by atoms with Crippen LogP contribution in [0.3, 0.4) is 0 Å². The van der Waals surface area contributed by atoms with Gasteiger partial charge in [0, 0.05) is 13.0 Å². The molecule has 0 bridgehead atoms. The third kappa shape index (κ3) is 3.55. The number of benzene rings is 1. The summed E-state index contributed by atoms with van der Waals surface area (Å²) >= 11 is 0. The van der Waals surface area contributed by atoms with Gasteiger partial charge in [0.1, 0.15) is 5.75 Å². The highest BCUT2D eigenvalue weighted by molar-refractivity contribution is 5.70. The SMILES string of the molecule is COC[C@@H](CC(=O)OC)c1cccc(O)c1. The van der Waals surface area contributed by atoms with Crippen LogP contribution in [0.4, 0.5) is 0 Å². The number of hydrogen-bond acceptors (Lipinski definition) is 4. The van der Waals surface area contributed by atoms with Gasteiger partial charge in [-0.1, -0.05) is 12.1 Å². The summed E-state index contributed by atoms with van der Waals surface area (Å²) in [6, 6.07) is 6.81. The van der Waals surface area contributed by atoms with Crippen LogP contribution in [0.2, 0.25) is 0 Å². The molecule has 1 atom stereocenters. The van der Waals surface area contributed by atoms with Crippen molar-refractivity contribution in [3.8, 4) is 5.75 Å². The molecule has 0 spiro atoms. The van der Waals surface area contributed by atoms with Gasteiger partial charge in [-0.3, -0.25) is 4.79 Å². The molecule has 0 heterocycles. The standard InChI is InChI=1S/C12H16O4/c1-15-8-10(7-12(14)16-2)9-4-3-5-11(13)6-9/h3-6,10,13H,7-8H2,1-2H3/t10-/m1/s1. The molecule has 1 aromatic carbocycles. The highest BCUT2D eigenvalue weighted by Gasteiger charge is 2.16. The van der Waals surface area contributed by atoms with Gasteiger partial charge in [0.2, 0.25) is 0 Å². The van der Waals surface area contributed by atoms with Crippen LogP contribution in [-0.2, 0) is 14.3 Å². The van der Waals surface area contributed by atoms with E-state index in [-0.39, 0.29) is 24.1 Å². The Bertz CT molecular complexity index is 349. The average Bonchev–Trinajstić information content (AvgIpc) is 2.28. The Hall–Kier alpha value is -1.55. The maximum absolute atomic E-state index is 11.2. The van der Waals surface area contributed by atoms with Crippen LogP contribution in [0, 0.1) is 0 Å². The molecule has 0 fully saturated rings. The van der Waals surface area contributed by atoms with E-state index in [4.69, 9.17) is 4.74 Å². The van der Waals surface area contributed by atoms with Crippen molar-refractivity contribution in [2.45, 2.75) is 12.3 Å². The van der Waals surface area contributed by atoms with Gasteiger partial charge in [0.05, 0.1) is 20.1 Å². The van der Waals surface area contributed by atoms with E-state index in [1.807, 2.05) is 6.07 Å². The lowest BCUT2D eigenvalue weighted by molar-refractivity contribution is -0.141. The van der Waals surface area contributed by atoms with E-state index < -0.39 is 0 Å². The van der Waals surface area contributed by atoms with Crippen molar-refractivity contribution in [2.24, 2.45) is 0 Å². The molecule has 0 amide bonds. The summed E-state index contributed by atoms with van der Waals surface area (Å²) in [6.07, 6.45) is 0.244. The molecule has 0 saturated heterocycles. The Morgan fingerprint density at radius 3 is 2.75 bits per heavy atom. The molecule has 0 unspecified atom stereocenters. The van der Waals surface area contributed by atoms with E-state index in [2.05, 4.69) is 4.74 Å². The van der Waals surface area contributed by atoms with Gasteiger partial charge in [0.15, 0.2) is 0 Å². The summed E-state index contributed by atoms with van der Waals surface area (Å²) in [5, 5.41) is 9.36. The molecule has 0 aliphatic rings. The van der Waals surface area contributed by atoms with Crippen molar-refractivity contribution in [2.75, 3.05) is 20.8 Å². The summed E-state index contributed by atoms with van der Waals surface area (Å²) in [5.74, 6) is -0.196. The molecule has 1 aromatic rings. The third-order valence-electron chi connectivity index (χ3n) is 2.35. The summed E-state index contributed by atoms with van der Waals surface area (Å²) in [6.45, 7) is 0.415. The van der Waals surface area contributed by atoms with Crippen molar-refractivity contribution >= 4 is 5.97 Å². The van der Waals surface area contributed by atoms with Crippen LogP contribution in [0.5, 0.6) is 5.75 Å². The summed E-state index contributed by atoms with van der Waals surface area (Å²) < 4.78 is 9.68. The van der Waals surface area contributed by atoms with E-state index in [0.717, 1.165) is 5.56 Å². The molecular formula is C12H16O4. The molecule has 1 rings (SSSR count). The molecule has 0 aliphatic heterocycles. The molecule has 88 valence electrons. The Morgan fingerprint density at radius 1 is 1.44 bits per heavy atom. The van der Waals surface area contributed by atoms with Crippen LogP contribution >= 0.6 is 0 Å². The minimum absolute atomic E-state index is 0.0930. The van der Waals surface area contributed by atoms with Crippen LogP contribution in [0.25, 0.3) is 0 Å². The second-order valence-electron chi connectivity index (χ2n) is 3.53. The fourth-order valence-corrected chi connectivity index (χ4v) is 1.54. The Morgan fingerprint density at radius 2 is 2.19 bits per heavy atom. The highest BCUT2D eigenvalue weighted by atomic mass is 16.5. The van der Waals surface area contributed by atoms with E-state index in [1.54, 1.807) is 25.3 Å². The minimum atomic E-state index is -0.287. The first-order valence-corrected chi connectivity index (χ1v) is 5.02. The highest BCUT2D eigenvalue weighted by Crippen LogP contribution is 2.23. The number of rotatable bonds is 5.